The maximum atomic E-state index is 12.9. The van der Waals surface area contributed by atoms with Gasteiger partial charge in [0.15, 0.2) is 0 Å². The van der Waals surface area contributed by atoms with Crippen molar-refractivity contribution < 1.29 is 9.53 Å². The molecule has 0 aliphatic carbocycles. The van der Waals surface area contributed by atoms with Gasteiger partial charge in [0.25, 0.3) is 5.56 Å². The van der Waals surface area contributed by atoms with Crippen LogP contribution in [-0.4, -0.2) is 79.4 Å². The van der Waals surface area contributed by atoms with Crippen LogP contribution in [0, 0.1) is 5.92 Å². The summed E-state index contributed by atoms with van der Waals surface area (Å²) in [6.45, 7) is 6.48. The molecule has 1 atom stereocenters. The normalized spacial score (nSPS) is 19.0. The smallest absolute Gasteiger partial charge is 0.332 e. The summed E-state index contributed by atoms with van der Waals surface area (Å²) in [6.07, 6.45) is 1.65. The van der Waals surface area contributed by atoms with Crippen LogP contribution >= 0.6 is 0 Å². The molecule has 0 spiro atoms. The van der Waals surface area contributed by atoms with Crippen LogP contribution in [0.25, 0.3) is 0 Å². The first-order valence-electron chi connectivity index (χ1n) is 12.3. The number of anilines is 2. The third kappa shape index (κ3) is 5.70. The molecule has 3 heterocycles. The Labute approximate surface area is 205 Å². The van der Waals surface area contributed by atoms with Crippen LogP contribution in [0.3, 0.4) is 0 Å². The lowest BCUT2D eigenvalue weighted by Crippen LogP contribution is -2.50. The van der Waals surface area contributed by atoms with E-state index in [0.29, 0.717) is 18.9 Å². The number of nitrogens with one attached hydrogen (secondary N) is 1. The van der Waals surface area contributed by atoms with Crippen molar-refractivity contribution in [3.8, 4) is 5.75 Å². The molecule has 190 valence electrons. The highest BCUT2D eigenvalue weighted by Gasteiger charge is 2.27. The summed E-state index contributed by atoms with van der Waals surface area (Å²) in [5, 5.41) is 3.10. The van der Waals surface area contributed by atoms with E-state index in [1.165, 1.54) is 23.4 Å². The molecule has 2 fully saturated rings. The summed E-state index contributed by atoms with van der Waals surface area (Å²) in [5.41, 5.74) is 0.516. The molecule has 1 aromatic heterocycles. The summed E-state index contributed by atoms with van der Waals surface area (Å²) in [5.74, 6) is 1.32. The number of methoxy groups -OCH3 is 1. The van der Waals surface area contributed by atoms with Gasteiger partial charge in [-0.05, 0) is 37.1 Å². The lowest BCUT2D eigenvalue weighted by molar-refractivity contribution is -0.125. The number of amides is 1. The lowest BCUT2D eigenvalue weighted by Gasteiger charge is -2.36. The van der Waals surface area contributed by atoms with E-state index in [1.807, 2.05) is 17.0 Å². The minimum absolute atomic E-state index is 0.0420. The molecule has 0 saturated carbocycles. The van der Waals surface area contributed by atoms with Gasteiger partial charge < -0.3 is 19.9 Å². The number of hydrogen-bond acceptors (Lipinski definition) is 7. The number of piperazine rings is 1. The fourth-order valence-electron chi connectivity index (χ4n) is 4.93. The second-order valence-corrected chi connectivity index (χ2v) is 9.34. The molecular formula is C25H36N6O4. The predicted octanol–water partition coefficient (Wildman–Crippen LogP) is 0.247. The first-order chi connectivity index (χ1) is 16.9. The zero-order chi connectivity index (χ0) is 24.9. The number of benzene rings is 1. The van der Waals surface area contributed by atoms with Crippen LogP contribution < -0.4 is 31.1 Å². The summed E-state index contributed by atoms with van der Waals surface area (Å²) < 4.78 is 7.81. The molecule has 1 amide bonds. The number of aromatic nitrogens is 2. The van der Waals surface area contributed by atoms with Gasteiger partial charge in [-0.2, -0.15) is 0 Å². The third-order valence-electron chi connectivity index (χ3n) is 7.15. The lowest BCUT2D eigenvalue weighted by atomic mass is 9.97. The van der Waals surface area contributed by atoms with E-state index in [0.717, 1.165) is 62.4 Å². The van der Waals surface area contributed by atoms with Crippen molar-refractivity contribution in [2.24, 2.45) is 20.0 Å². The number of rotatable bonds is 7. The van der Waals surface area contributed by atoms with Crippen molar-refractivity contribution in [1.29, 1.82) is 0 Å². The number of hydrogen-bond donors (Lipinski definition) is 1. The molecule has 2 saturated heterocycles. The van der Waals surface area contributed by atoms with Gasteiger partial charge >= 0.3 is 5.69 Å². The minimum Gasteiger partial charge on any atom is -0.497 e. The topological polar surface area (TPSA) is 92.1 Å². The quantitative estimate of drug-likeness (QED) is 0.602. The summed E-state index contributed by atoms with van der Waals surface area (Å²) in [6, 6.07) is 9.63. The molecule has 2 aromatic rings. The van der Waals surface area contributed by atoms with E-state index in [2.05, 4.69) is 27.2 Å². The van der Waals surface area contributed by atoms with Gasteiger partial charge in [0.1, 0.15) is 11.6 Å². The Hall–Kier alpha value is -3.27. The van der Waals surface area contributed by atoms with Crippen LogP contribution in [0.1, 0.15) is 12.8 Å². The largest absolute Gasteiger partial charge is 0.497 e. The fourth-order valence-corrected chi connectivity index (χ4v) is 4.93. The Kier molecular flexibility index (Phi) is 7.80. The van der Waals surface area contributed by atoms with E-state index >= 15 is 0 Å². The Bertz CT molecular complexity index is 1130. The number of carbonyl (C=O) groups is 1. The first-order valence-corrected chi connectivity index (χ1v) is 12.3. The predicted molar refractivity (Wildman–Crippen MR) is 137 cm³/mol. The van der Waals surface area contributed by atoms with Crippen molar-refractivity contribution in [2.45, 2.75) is 12.8 Å². The van der Waals surface area contributed by atoms with E-state index in [1.54, 1.807) is 14.2 Å². The zero-order valence-corrected chi connectivity index (χ0v) is 20.9. The molecule has 0 bridgehead atoms. The van der Waals surface area contributed by atoms with Crippen LogP contribution in [0.5, 0.6) is 5.75 Å². The molecule has 1 N–H and O–H groups in total. The molecule has 2 aliphatic heterocycles. The van der Waals surface area contributed by atoms with Gasteiger partial charge in [-0.25, -0.2) is 4.79 Å². The number of carbonyl (C=O) groups excluding carboxylic acids is 1. The molecule has 2 aliphatic rings. The highest BCUT2D eigenvalue weighted by molar-refractivity contribution is 5.79. The van der Waals surface area contributed by atoms with Crippen molar-refractivity contribution in [1.82, 2.24) is 19.4 Å². The third-order valence-corrected chi connectivity index (χ3v) is 7.15. The molecule has 0 radical (unpaired) electrons. The Morgan fingerprint density at radius 2 is 1.71 bits per heavy atom. The van der Waals surface area contributed by atoms with Crippen molar-refractivity contribution in [3.05, 3.63) is 51.2 Å². The fraction of sp³-hybridized carbons (Fsp3) is 0.560. The van der Waals surface area contributed by atoms with Crippen LogP contribution in [-0.2, 0) is 18.9 Å². The summed E-state index contributed by atoms with van der Waals surface area (Å²) in [7, 11) is 4.81. The van der Waals surface area contributed by atoms with Crippen molar-refractivity contribution >= 4 is 17.4 Å². The van der Waals surface area contributed by atoms with Crippen molar-refractivity contribution in [2.75, 3.05) is 69.3 Å². The maximum Gasteiger partial charge on any atom is 0.332 e. The molecule has 10 heteroatoms. The zero-order valence-electron chi connectivity index (χ0n) is 20.9. The van der Waals surface area contributed by atoms with Gasteiger partial charge in [-0.3, -0.25) is 23.6 Å². The Morgan fingerprint density at radius 1 is 1.00 bits per heavy atom. The number of piperidine rings is 1. The monoisotopic (exact) mass is 484 g/mol. The van der Waals surface area contributed by atoms with Gasteiger partial charge in [-0.15, -0.1) is 0 Å². The van der Waals surface area contributed by atoms with Gasteiger partial charge in [0, 0.05) is 78.2 Å². The van der Waals surface area contributed by atoms with Crippen LogP contribution in [0.2, 0.25) is 0 Å². The molecule has 4 rings (SSSR count). The molecular weight excluding hydrogens is 448 g/mol. The SMILES string of the molecule is COc1ccc(N2CCN(CCNC(=O)[C@H]3CCCN(c4cc(=O)n(C)c(=O)n4C)C3)CC2)cc1. The molecule has 1 aromatic carbocycles. The Morgan fingerprint density at radius 3 is 2.40 bits per heavy atom. The van der Waals surface area contributed by atoms with E-state index in [9.17, 15) is 14.4 Å². The number of ether oxygens (including phenoxy) is 1. The second kappa shape index (κ2) is 11.0. The summed E-state index contributed by atoms with van der Waals surface area (Å²) >= 11 is 0. The van der Waals surface area contributed by atoms with E-state index in [-0.39, 0.29) is 23.1 Å². The van der Waals surface area contributed by atoms with Crippen LogP contribution in [0.4, 0.5) is 11.5 Å². The standard InChI is InChI=1S/C25H36N6O4/c1-27-22(17-23(32)28(2)25(27)34)31-11-4-5-19(18-31)24(33)26-10-12-29-13-15-30(16-14-29)20-6-8-21(35-3)9-7-20/h6-9,17,19H,4-5,10-16,18H2,1-3H3,(H,26,33)/t19-/m0/s1. The second-order valence-electron chi connectivity index (χ2n) is 9.34. The van der Waals surface area contributed by atoms with Crippen molar-refractivity contribution in [3.63, 3.8) is 0 Å². The maximum absolute atomic E-state index is 12.9. The minimum atomic E-state index is -0.355. The average Bonchev–Trinajstić information content (AvgIpc) is 2.90. The van der Waals surface area contributed by atoms with E-state index < -0.39 is 0 Å². The molecule has 35 heavy (non-hydrogen) atoms. The van der Waals surface area contributed by atoms with Crippen LogP contribution in [0.15, 0.2) is 39.9 Å². The summed E-state index contributed by atoms with van der Waals surface area (Å²) in [4.78, 5) is 44.0. The Balaban J connectivity index is 1.23. The van der Waals surface area contributed by atoms with Gasteiger partial charge in [0.05, 0.1) is 13.0 Å². The highest BCUT2D eigenvalue weighted by Crippen LogP contribution is 2.22. The first kappa shape index (κ1) is 24.8. The van der Waals surface area contributed by atoms with Gasteiger partial charge in [0.2, 0.25) is 5.91 Å². The number of nitrogens with zero attached hydrogens (tertiary/aromatic N) is 5. The van der Waals surface area contributed by atoms with E-state index in [4.69, 9.17) is 4.74 Å². The molecule has 0 unspecified atom stereocenters. The average molecular weight is 485 g/mol. The highest BCUT2D eigenvalue weighted by atomic mass is 16.5. The molecule has 10 nitrogen and oxygen atoms in total. The van der Waals surface area contributed by atoms with Gasteiger partial charge in [-0.1, -0.05) is 0 Å².